The Balaban J connectivity index is 1.88. The summed E-state index contributed by atoms with van der Waals surface area (Å²) in [5.74, 6) is 1.56. The van der Waals surface area contributed by atoms with Gasteiger partial charge < -0.3 is 4.74 Å². The summed E-state index contributed by atoms with van der Waals surface area (Å²) < 4.78 is 5.87. The van der Waals surface area contributed by atoms with E-state index in [1.165, 1.54) is 0 Å². The maximum Gasteiger partial charge on any atom is 0.204 e. The predicted molar refractivity (Wildman–Crippen MR) is 81.8 cm³/mol. The molecule has 2 nitrogen and oxygen atoms in total. The Hall–Kier alpha value is -1.74. The van der Waals surface area contributed by atoms with Gasteiger partial charge in [0.15, 0.2) is 6.10 Å². The standard InChI is InChI=1S/C17H16O2S/c1-11-7-8-12(2)13(9-11)17(18)15-10-20-16-6-4-3-5-14(16)19-15/h3-9,15H,10H2,1-2H3. The number of ketones is 1. The zero-order chi connectivity index (χ0) is 14.1. The molecule has 1 atom stereocenters. The lowest BCUT2D eigenvalue weighted by Crippen LogP contribution is -2.32. The van der Waals surface area contributed by atoms with Crippen molar-refractivity contribution in [3.05, 3.63) is 59.2 Å². The maximum atomic E-state index is 12.6. The number of thioether (sulfide) groups is 1. The fourth-order valence-electron chi connectivity index (χ4n) is 2.32. The van der Waals surface area contributed by atoms with Crippen molar-refractivity contribution in [2.24, 2.45) is 0 Å². The van der Waals surface area contributed by atoms with E-state index in [-0.39, 0.29) is 5.78 Å². The highest BCUT2D eigenvalue weighted by molar-refractivity contribution is 7.99. The van der Waals surface area contributed by atoms with Crippen LogP contribution in [0.25, 0.3) is 0 Å². The van der Waals surface area contributed by atoms with Crippen LogP contribution < -0.4 is 4.74 Å². The molecule has 1 aliphatic heterocycles. The molecule has 1 aliphatic rings. The number of para-hydroxylation sites is 1. The zero-order valence-electron chi connectivity index (χ0n) is 11.6. The molecule has 1 unspecified atom stereocenters. The highest BCUT2D eigenvalue weighted by Crippen LogP contribution is 2.35. The van der Waals surface area contributed by atoms with Gasteiger partial charge in [-0.2, -0.15) is 0 Å². The number of hydrogen-bond acceptors (Lipinski definition) is 3. The van der Waals surface area contributed by atoms with E-state index in [9.17, 15) is 4.79 Å². The molecule has 3 heteroatoms. The van der Waals surface area contributed by atoms with E-state index < -0.39 is 6.10 Å². The summed E-state index contributed by atoms with van der Waals surface area (Å²) in [4.78, 5) is 13.8. The second-order valence-corrected chi connectivity index (χ2v) is 6.11. The Morgan fingerprint density at radius 1 is 1.20 bits per heavy atom. The number of fused-ring (bicyclic) bond motifs is 1. The molecule has 0 aliphatic carbocycles. The fraction of sp³-hybridized carbons (Fsp3) is 0.235. The molecule has 0 spiro atoms. The molecule has 0 N–H and O–H groups in total. The molecule has 3 rings (SSSR count). The van der Waals surface area contributed by atoms with Gasteiger partial charge in [0.1, 0.15) is 5.75 Å². The number of rotatable bonds is 2. The van der Waals surface area contributed by atoms with E-state index in [2.05, 4.69) is 0 Å². The Morgan fingerprint density at radius 2 is 2.00 bits per heavy atom. The Labute approximate surface area is 123 Å². The quantitative estimate of drug-likeness (QED) is 0.779. The molecule has 20 heavy (non-hydrogen) atoms. The van der Waals surface area contributed by atoms with Crippen LogP contribution in [0, 0.1) is 13.8 Å². The second kappa shape index (κ2) is 5.33. The third kappa shape index (κ3) is 2.46. The monoisotopic (exact) mass is 284 g/mol. The van der Waals surface area contributed by atoms with E-state index in [1.807, 2.05) is 56.3 Å². The largest absolute Gasteiger partial charge is 0.480 e. The third-order valence-corrected chi connectivity index (χ3v) is 4.58. The number of ether oxygens (including phenoxy) is 1. The first-order valence-electron chi connectivity index (χ1n) is 6.65. The van der Waals surface area contributed by atoms with Gasteiger partial charge in [-0.05, 0) is 37.6 Å². The Kier molecular flexibility index (Phi) is 3.53. The smallest absolute Gasteiger partial charge is 0.204 e. The lowest BCUT2D eigenvalue weighted by molar-refractivity contribution is 0.0814. The summed E-state index contributed by atoms with van der Waals surface area (Å²) in [7, 11) is 0. The first kappa shape index (κ1) is 13.3. The van der Waals surface area contributed by atoms with Gasteiger partial charge in [0.25, 0.3) is 0 Å². The number of Topliss-reactive ketones (excluding diaryl/α,β-unsaturated/α-hetero) is 1. The number of hydrogen-bond donors (Lipinski definition) is 0. The van der Waals surface area contributed by atoms with Crippen molar-refractivity contribution in [3.63, 3.8) is 0 Å². The fourth-order valence-corrected chi connectivity index (χ4v) is 3.31. The molecule has 2 aromatic rings. The number of carbonyl (C=O) groups is 1. The van der Waals surface area contributed by atoms with Gasteiger partial charge in [-0.1, -0.05) is 29.8 Å². The lowest BCUT2D eigenvalue weighted by Gasteiger charge is -2.25. The molecule has 0 saturated heterocycles. The second-order valence-electron chi connectivity index (χ2n) is 5.05. The molecule has 0 saturated carbocycles. The summed E-state index contributed by atoms with van der Waals surface area (Å²) in [6, 6.07) is 13.8. The minimum Gasteiger partial charge on any atom is -0.480 e. The third-order valence-electron chi connectivity index (χ3n) is 3.46. The van der Waals surface area contributed by atoms with E-state index in [0.717, 1.165) is 27.3 Å². The molecular formula is C17H16O2S. The highest BCUT2D eigenvalue weighted by atomic mass is 32.2. The van der Waals surface area contributed by atoms with Gasteiger partial charge in [0.2, 0.25) is 5.78 Å². The van der Waals surface area contributed by atoms with Crippen molar-refractivity contribution in [3.8, 4) is 5.75 Å². The Bertz CT molecular complexity index is 664. The summed E-state index contributed by atoms with van der Waals surface area (Å²) in [5, 5.41) is 0. The average molecular weight is 284 g/mol. The molecule has 0 bridgehead atoms. The number of aryl methyl sites for hydroxylation is 2. The number of carbonyl (C=O) groups excluding carboxylic acids is 1. The SMILES string of the molecule is Cc1ccc(C)c(C(=O)C2CSc3ccccc3O2)c1. The van der Waals surface area contributed by atoms with Crippen LogP contribution >= 0.6 is 11.8 Å². The molecule has 1 heterocycles. The van der Waals surface area contributed by atoms with Gasteiger partial charge >= 0.3 is 0 Å². The van der Waals surface area contributed by atoms with Crippen molar-refractivity contribution in [2.75, 3.05) is 5.75 Å². The number of benzene rings is 2. The maximum absolute atomic E-state index is 12.6. The van der Waals surface area contributed by atoms with Crippen LogP contribution in [-0.2, 0) is 0 Å². The van der Waals surface area contributed by atoms with Crippen molar-refractivity contribution >= 4 is 17.5 Å². The van der Waals surface area contributed by atoms with Gasteiger partial charge in [0.05, 0.1) is 0 Å². The topological polar surface area (TPSA) is 26.3 Å². The molecule has 2 aromatic carbocycles. The van der Waals surface area contributed by atoms with Crippen molar-refractivity contribution in [1.82, 2.24) is 0 Å². The molecule has 102 valence electrons. The molecule has 0 fully saturated rings. The van der Waals surface area contributed by atoms with E-state index >= 15 is 0 Å². The predicted octanol–water partition coefficient (Wildman–Crippen LogP) is 4.04. The van der Waals surface area contributed by atoms with Gasteiger partial charge in [-0.15, -0.1) is 11.8 Å². The van der Waals surface area contributed by atoms with Crippen LogP contribution in [0.1, 0.15) is 21.5 Å². The lowest BCUT2D eigenvalue weighted by atomic mass is 9.99. The first-order valence-corrected chi connectivity index (χ1v) is 7.63. The van der Waals surface area contributed by atoms with Crippen LogP contribution in [0.2, 0.25) is 0 Å². The van der Waals surface area contributed by atoms with Crippen LogP contribution in [0.4, 0.5) is 0 Å². The molecule has 0 amide bonds. The molecule has 0 aromatic heterocycles. The van der Waals surface area contributed by atoms with Crippen LogP contribution in [-0.4, -0.2) is 17.6 Å². The zero-order valence-corrected chi connectivity index (χ0v) is 12.4. The summed E-state index contributed by atoms with van der Waals surface area (Å²) >= 11 is 1.68. The van der Waals surface area contributed by atoms with Gasteiger partial charge in [-0.3, -0.25) is 4.79 Å². The minimum atomic E-state index is -0.393. The van der Waals surface area contributed by atoms with Crippen molar-refractivity contribution < 1.29 is 9.53 Å². The average Bonchev–Trinajstić information content (AvgIpc) is 2.48. The van der Waals surface area contributed by atoms with Crippen molar-refractivity contribution in [1.29, 1.82) is 0 Å². The first-order chi connectivity index (χ1) is 9.65. The van der Waals surface area contributed by atoms with Gasteiger partial charge in [-0.25, -0.2) is 0 Å². The van der Waals surface area contributed by atoms with Gasteiger partial charge in [0, 0.05) is 16.2 Å². The highest BCUT2D eigenvalue weighted by Gasteiger charge is 2.28. The van der Waals surface area contributed by atoms with E-state index in [1.54, 1.807) is 11.8 Å². The van der Waals surface area contributed by atoms with Crippen LogP contribution in [0.15, 0.2) is 47.4 Å². The van der Waals surface area contributed by atoms with E-state index in [0.29, 0.717) is 5.75 Å². The molecular weight excluding hydrogens is 268 g/mol. The van der Waals surface area contributed by atoms with Crippen molar-refractivity contribution in [2.45, 2.75) is 24.8 Å². The summed E-state index contributed by atoms with van der Waals surface area (Å²) in [6.45, 7) is 3.97. The summed E-state index contributed by atoms with van der Waals surface area (Å²) in [5.41, 5.74) is 2.88. The summed E-state index contributed by atoms with van der Waals surface area (Å²) in [6.07, 6.45) is -0.393. The van der Waals surface area contributed by atoms with E-state index in [4.69, 9.17) is 4.74 Å². The normalized spacial score (nSPS) is 17.2. The Morgan fingerprint density at radius 3 is 2.85 bits per heavy atom. The van der Waals surface area contributed by atoms with Crippen LogP contribution in [0.5, 0.6) is 5.75 Å². The van der Waals surface area contributed by atoms with Crippen LogP contribution in [0.3, 0.4) is 0 Å². The minimum absolute atomic E-state index is 0.0770. The molecule has 0 radical (unpaired) electrons.